The summed E-state index contributed by atoms with van der Waals surface area (Å²) in [6.45, 7) is 14.1. The molecule has 156 valence electrons. The highest BCUT2D eigenvalue weighted by Crippen LogP contribution is 2.25. The van der Waals surface area contributed by atoms with Crippen LogP contribution in [-0.4, -0.2) is 78.5 Å². The van der Waals surface area contributed by atoms with Gasteiger partial charge in [0.05, 0.1) is 6.04 Å². The van der Waals surface area contributed by atoms with Crippen LogP contribution in [0.1, 0.15) is 52.0 Å². The number of carbonyl (C=O) groups is 1. The third-order valence-corrected chi connectivity index (χ3v) is 6.64. The van der Waals surface area contributed by atoms with Gasteiger partial charge in [0.25, 0.3) is 0 Å². The first-order valence-corrected chi connectivity index (χ1v) is 10.9. The molecule has 2 saturated heterocycles. The Kier molecular flexibility index (Phi) is 7.13. The molecule has 0 aromatic heterocycles. The molecule has 5 heteroatoms. The Morgan fingerprint density at radius 2 is 1.75 bits per heavy atom. The predicted molar refractivity (Wildman–Crippen MR) is 117 cm³/mol. The van der Waals surface area contributed by atoms with E-state index in [0.29, 0.717) is 18.0 Å². The molecule has 2 aliphatic heterocycles. The number of anilines is 1. The highest BCUT2D eigenvalue weighted by atomic mass is 16.2. The summed E-state index contributed by atoms with van der Waals surface area (Å²) in [6, 6.07) is 9.25. The molecular weight excluding hydrogens is 348 g/mol. The molecule has 2 aliphatic rings. The topological polar surface area (TPSA) is 38.8 Å². The number of para-hydroxylation sites is 1. The Bertz CT molecular complexity index is 654. The summed E-state index contributed by atoms with van der Waals surface area (Å²) in [5.74, 6) is 0.498. The second-order valence-corrected chi connectivity index (χ2v) is 9.02. The zero-order chi connectivity index (χ0) is 20.3. The van der Waals surface area contributed by atoms with E-state index < -0.39 is 0 Å². The lowest BCUT2D eigenvalue weighted by molar-refractivity contribution is -0.122. The number of likely N-dealkylation sites (tertiary alicyclic amines) is 1. The van der Waals surface area contributed by atoms with E-state index >= 15 is 0 Å². The summed E-state index contributed by atoms with van der Waals surface area (Å²) in [5, 5.41) is 3.18. The average Bonchev–Trinajstić information content (AvgIpc) is 2.68. The van der Waals surface area contributed by atoms with E-state index in [2.05, 4.69) is 53.9 Å². The number of hydrogen-bond acceptors (Lipinski definition) is 4. The van der Waals surface area contributed by atoms with Gasteiger partial charge >= 0.3 is 0 Å². The van der Waals surface area contributed by atoms with Crippen molar-refractivity contribution in [1.29, 1.82) is 0 Å². The quantitative estimate of drug-likeness (QED) is 0.843. The molecule has 0 spiro atoms. The standard InChI is InChI=1S/C23H38N4O/c1-17(2)21-8-6-7-9-22(21)24-23(28)19(4)26-14-15-27(18(3)16-26)20-10-12-25(5)13-11-20/h6-9,17-20H,10-16H2,1-5H3,(H,24,28)/t18-,19+/m0/s1. The van der Waals surface area contributed by atoms with Crippen LogP contribution in [0.2, 0.25) is 0 Å². The van der Waals surface area contributed by atoms with Crippen LogP contribution in [0.5, 0.6) is 0 Å². The van der Waals surface area contributed by atoms with Crippen molar-refractivity contribution in [3.63, 3.8) is 0 Å². The molecule has 3 rings (SSSR count). The van der Waals surface area contributed by atoms with Crippen LogP contribution in [-0.2, 0) is 4.79 Å². The van der Waals surface area contributed by atoms with Crippen LogP contribution in [0.4, 0.5) is 5.69 Å². The SMILES string of the molecule is CC(C)c1ccccc1NC(=O)[C@@H](C)N1CCN(C2CCN(C)CC2)[C@@H](C)C1. The van der Waals surface area contributed by atoms with Crippen LogP contribution in [0.15, 0.2) is 24.3 Å². The number of nitrogens with one attached hydrogen (secondary N) is 1. The van der Waals surface area contributed by atoms with Crippen LogP contribution in [0.3, 0.4) is 0 Å². The van der Waals surface area contributed by atoms with Crippen LogP contribution in [0.25, 0.3) is 0 Å². The fourth-order valence-corrected chi connectivity index (χ4v) is 4.74. The first-order chi connectivity index (χ1) is 13.4. The van der Waals surface area contributed by atoms with Gasteiger partial charge in [-0.15, -0.1) is 0 Å². The molecule has 1 aromatic rings. The second-order valence-electron chi connectivity index (χ2n) is 9.02. The molecule has 1 amide bonds. The highest BCUT2D eigenvalue weighted by Gasteiger charge is 2.34. The molecule has 1 N–H and O–H groups in total. The summed E-state index contributed by atoms with van der Waals surface area (Å²) < 4.78 is 0. The van der Waals surface area contributed by atoms with Crippen molar-refractivity contribution in [2.24, 2.45) is 0 Å². The van der Waals surface area contributed by atoms with Gasteiger partial charge in [-0.05, 0) is 64.4 Å². The molecule has 28 heavy (non-hydrogen) atoms. The van der Waals surface area contributed by atoms with E-state index in [0.717, 1.165) is 25.3 Å². The third kappa shape index (κ3) is 4.94. The number of benzene rings is 1. The minimum atomic E-state index is -0.109. The van der Waals surface area contributed by atoms with Crippen molar-refractivity contribution in [2.75, 3.05) is 45.1 Å². The maximum absolute atomic E-state index is 12.9. The summed E-state index contributed by atoms with van der Waals surface area (Å²) in [6.07, 6.45) is 2.53. The first kappa shape index (κ1) is 21.3. The fourth-order valence-electron chi connectivity index (χ4n) is 4.74. The van der Waals surface area contributed by atoms with E-state index in [1.165, 1.54) is 31.5 Å². The van der Waals surface area contributed by atoms with Gasteiger partial charge in [-0.25, -0.2) is 0 Å². The van der Waals surface area contributed by atoms with Crippen molar-refractivity contribution >= 4 is 11.6 Å². The average molecular weight is 387 g/mol. The molecule has 0 aliphatic carbocycles. The molecule has 2 heterocycles. The number of nitrogens with zero attached hydrogens (tertiary/aromatic N) is 3. The Morgan fingerprint density at radius 3 is 2.39 bits per heavy atom. The predicted octanol–water partition coefficient (Wildman–Crippen LogP) is 3.24. The lowest BCUT2D eigenvalue weighted by atomic mass is 9.99. The van der Waals surface area contributed by atoms with Gasteiger partial charge in [-0.2, -0.15) is 0 Å². The molecular formula is C23H38N4O. The molecule has 2 atom stereocenters. The van der Waals surface area contributed by atoms with Crippen LogP contribution < -0.4 is 5.32 Å². The zero-order valence-corrected chi connectivity index (χ0v) is 18.3. The van der Waals surface area contributed by atoms with Crippen molar-refractivity contribution in [3.8, 4) is 0 Å². The summed E-state index contributed by atoms with van der Waals surface area (Å²) in [5.41, 5.74) is 2.15. The smallest absolute Gasteiger partial charge is 0.241 e. The molecule has 0 radical (unpaired) electrons. The van der Waals surface area contributed by atoms with E-state index in [4.69, 9.17) is 0 Å². The largest absolute Gasteiger partial charge is 0.324 e. The maximum Gasteiger partial charge on any atom is 0.241 e. The lowest BCUT2D eigenvalue weighted by Gasteiger charge is -2.47. The monoisotopic (exact) mass is 386 g/mol. The van der Waals surface area contributed by atoms with Crippen LogP contribution in [0, 0.1) is 0 Å². The highest BCUT2D eigenvalue weighted by molar-refractivity contribution is 5.95. The van der Waals surface area contributed by atoms with Crippen LogP contribution >= 0.6 is 0 Å². The summed E-state index contributed by atoms with van der Waals surface area (Å²) in [4.78, 5) is 20.4. The molecule has 0 saturated carbocycles. The molecule has 5 nitrogen and oxygen atoms in total. The van der Waals surface area contributed by atoms with E-state index in [-0.39, 0.29) is 11.9 Å². The molecule has 0 unspecified atom stereocenters. The fraction of sp³-hybridized carbons (Fsp3) is 0.696. The van der Waals surface area contributed by atoms with Gasteiger partial charge in [0, 0.05) is 37.4 Å². The maximum atomic E-state index is 12.9. The minimum absolute atomic E-state index is 0.105. The van der Waals surface area contributed by atoms with Crippen molar-refractivity contribution in [1.82, 2.24) is 14.7 Å². The third-order valence-electron chi connectivity index (χ3n) is 6.64. The number of piperazine rings is 1. The Hall–Kier alpha value is -1.43. The van der Waals surface area contributed by atoms with Crippen molar-refractivity contribution in [2.45, 2.75) is 64.6 Å². The van der Waals surface area contributed by atoms with Crippen molar-refractivity contribution < 1.29 is 4.79 Å². The van der Waals surface area contributed by atoms with E-state index in [1.54, 1.807) is 0 Å². The Morgan fingerprint density at radius 1 is 1.07 bits per heavy atom. The van der Waals surface area contributed by atoms with Gasteiger partial charge in [0.1, 0.15) is 0 Å². The number of amides is 1. The number of piperidine rings is 1. The Labute approximate surface area is 171 Å². The molecule has 0 bridgehead atoms. The van der Waals surface area contributed by atoms with E-state index in [1.807, 2.05) is 25.1 Å². The summed E-state index contributed by atoms with van der Waals surface area (Å²) in [7, 11) is 2.22. The minimum Gasteiger partial charge on any atom is -0.324 e. The number of hydrogen-bond donors (Lipinski definition) is 1. The van der Waals surface area contributed by atoms with E-state index in [9.17, 15) is 4.79 Å². The Balaban J connectivity index is 1.57. The molecule has 1 aromatic carbocycles. The first-order valence-electron chi connectivity index (χ1n) is 10.9. The van der Waals surface area contributed by atoms with Gasteiger partial charge in [-0.1, -0.05) is 32.0 Å². The number of carbonyl (C=O) groups excluding carboxylic acids is 1. The second kappa shape index (κ2) is 9.38. The summed E-state index contributed by atoms with van der Waals surface area (Å²) >= 11 is 0. The normalized spacial score (nSPS) is 24.4. The van der Waals surface area contributed by atoms with Gasteiger partial charge in [0.2, 0.25) is 5.91 Å². The number of rotatable bonds is 5. The lowest BCUT2D eigenvalue weighted by Crippen LogP contribution is -2.60. The van der Waals surface area contributed by atoms with Crippen molar-refractivity contribution in [3.05, 3.63) is 29.8 Å². The molecule has 2 fully saturated rings. The van der Waals surface area contributed by atoms with Gasteiger partial charge in [0.15, 0.2) is 0 Å². The zero-order valence-electron chi connectivity index (χ0n) is 18.3. The van der Waals surface area contributed by atoms with Gasteiger partial charge < -0.3 is 10.2 Å². The van der Waals surface area contributed by atoms with Gasteiger partial charge in [-0.3, -0.25) is 14.6 Å².